The number of allylic oxidation sites excluding steroid dienone is 2. The summed E-state index contributed by atoms with van der Waals surface area (Å²) < 4.78 is 0. The van der Waals surface area contributed by atoms with Gasteiger partial charge in [-0.2, -0.15) is 0 Å². The number of nitrogens with two attached hydrogens (primary N) is 1. The normalized spacial score (nSPS) is 51.3. The Hall–Kier alpha value is -1.42. The first-order valence-electron chi connectivity index (χ1n) is 14.1. The molecule has 6 aliphatic rings. The number of nitrogens with zero attached hydrogens (tertiary/aromatic N) is 2. The van der Waals surface area contributed by atoms with Crippen molar-refractivity contribution in [2.24, 2.45) is 60.0 Å². The molecule has 7 atom stereocenters. The second kappa shape index (κ2) is 6.52. The van der Waals surface area contributed by atoms with Crippen molar-refractivity contribution in [2.45, 2.75) is 112 Å². The molecule has 3 fully saturated rings. The molecule has 1 aliphatic heterocycles. The SMILES string of the molecule is CC1(C)CC[C@]2(C)CC[C@]3(C)[C@H]4CC=C5C(=CC6=NC(N)=N[C@]6(O)C5(C)C)[C@]4(C)CC[C@@]3(C)[C@@H]2C1. The molecule has 0 saturated heterocycles. The topological polar surface area (TPSA) is 71.0 Å². The standard InChI is InChI=1S/C31H47N3O/c1-25(2)11-12-27(5)13-15-29(7)21-10-9-19-20(28(21,6)14-16-30(29,8)22(27)18-25)17-23-31(35,26(19,3)4)34-24(32)33-23/h9,17,21-22,35H,10-16,18H2,1-8H3,(H2,32,34)/t21-,22+,27+,28-,29+,30-,31+/m0/s1. The molecule has 1 heterocycles. The van der Waals surface area contributed by atoms with E-state index in [1.165, 1.54) is 56.1 Å². The van der Waals surface area contributed by atoms with E-state index in [-0.39, 0.29) is 11.4 Å². The fourth-order valence-electron chi connectivity index (χ4n) is 10.3. The fourth-order valence-corrected chi connectivity index (χ4v) is 10.3. The van der Waals surface area contributed by atoms with Crippen LogP contribution in [0.15, 0.2) is 33.3 Å². The molecule has 35 heavy (non-hydrogen) atoms. The highest BCUT2D eigenvalue weighted by molar-refractivity contribution is 6.14. The average molecular weight is 478 g/mol. The number of aliphatic imine (C=N–C) groups is 2. The Bertz CT molecular complexity index is 1130. The third kappa shape index (κ3) is 2.68. The van der Waals surface area contributed by atoms with Gasteiger partial charge in [0.2, 0.25) is 11.7 Å². The predicted octanol–water partition coefficient (Wildman–Crippen LogP) is 6.80. The number of fused-ring (bicyclic) bond motifs is 8. The largest absolute Gasteiger partial charge is 0.368 e. The second-order valence-electron chi connectivity index (χ2n) is 15.6. The Morgan fingerprint density at radius 1 is 0.829 bits per heavy atom. The Balaban J connectivity index is 1.47. The fraction of sp³-hybridized carbons (Fsp3) is 0.806. The maximum Gasteiger partial charge on any atom is 0.218 e. The van der Waals surface area contributed by atoms with Crippen LogP contribution < -0.4 is 5.73 Å². The van der Waals surface area contributed by atoms with Gasteiger partial charge in [-0.1, -0.05) is 61.5 Å². The van der Waals surface area contributed by atoms with Crippen LogP contribution in [0, 0.1) is 44.3 Å². The molecular weight excluding hydrogens is 430 g/mol. The summed E-state index contributed by atoms with van der Waals surface area (Å²) in [4.78, 5) is 8.95. The van der Waals surface area contributed by atoms with Crippen molar-refractivity contribution in [3.05, 3.63) is 23.3 Å². The van der Waals surface area contributed by atoms with E-state index in [0.29, 0.717) is 33.3 Å². The Morgan fingerprint density at radius 2 is 1.46 bits per heavy atom. The van der Waals surface area contributed by atoms with Gasteiger partial charge in [0, 0.05) is 5.41 Å². The van der Waals surface area contributed by atoms with E-state index in [0.717, 1.165) is 12.3 Å². The van der Waals surface area contributed by atoms with Gasteiger partial charge in [-0.3, -0.25) is 0 Å². The van der Waals surface area contributed by atoms with E-state index in [1.807, 2.05) is 0 Å². The molecule has 0 spiro atoms. The molecule has 0 bridgehead atoms. The van der Waals surface area contributed by atoms with Gasteiger partial charge in [0.25, 0.3) is 0 Å². The monoisotopic (exact) mass is 477 g/mol. The van der Waals surface area contributed by atoms with Gasteiger partial charge in [0.1, 0.15) is 0 Å². The maximum absolute atomic E-state index is 11.6. The highest BCUT2D eigenvalue weighted by Crippen LogP contribution is 2.76. The first-order chi connectivity index (χ1) is 16.0. The lowest BCUT2D eigenvalue weighted by molar-refractivity contribution is -0.214. The van der Waals surface area contributed by atoms with Gasteiger partial charge >= 0.3 is 0 Å². The number of hydrogen-bond acceptors (Lipinski definition) is 4. The molecule has 192 valence electrons. The molecule has 0 aromatic carbocycles. The molecule has 6 rings (SSSR count). The first-order valence-corrected chi connectivity index (χ1v) is 14.1. The zero-order valence-electron chi connectivity index (χ0n) is 23.4. The summed E-state index contributed by atoms with van der Waals surface area (Å²) in [6.45, 7) is 19.8. The summed E-state index contributed by atoms with van der Waals surface area (Å²) in [5, 5.41) is 11.6. The Kier molecular flexibility index (Phi) is 4.46. The van der Waals surface area contributed by atoms with E-state index in [4.69, 9.17) is 5.73 Å². The van der Waals surface area contributed by atoms with E-state index in [2.05, 4.69) is 77.5 Å². The number of guanidine groups is 1. The van der Waals surface area contributed by atoms with Gasteiger partial charge in [-0.05, 0) is 107 Å². The summed E-state index contributed by atoms with van der Waals surface area (Å²) in [5.74, 6) is 1.59. The van der Waals surface area contributed by atoms with Crippen LogP contribution in [0.25, 0.3) is 0 Å². The molecule has 0 radical (unpaired) electrons. The van der Waals surface area contributed by atoms with E-state index < -0.39 is 11.1 Å². The van der Waals surface area contributed by atoms with Crippen molar-refractivity contribution in [3.8, 4) is 0 Å². The van der Waals surface area contributed by atoms with Crippen LogP contribution >= 0.6 is 0 Å². The third-order valence-corrected chi connectivity index (χ3v) is 13.1. The molecule has 3 N–H and O–H groups in total. The molecule has 4 nitrogen and oxygen atoms in total. The van der Waals surface area contributed by atoms with Crippen molar-refractivity contribution >= 4 is 11.7 Å². The minimum Gasteiger partial charge on any atom is -0.368 e. The van der Waals surface area contributed by atoms with E-state index >= 15 is 0 Å². The smallest absolute Gasteiger partial charge is 0.218 e. The minimum atomic E-state index is -1.36. The molecule has 4 heteroatoms. The van der Waals surface area contributed by atoms with Gasteiger partial charge in [-0.25, -0.2) is 9.98 Å². The van der Waals surface area contributed by atoms with Crippen molar-refractivity contribution in [2.75, 3.05) is 0 Å². The number of rotatable bonds is 0. The Morgan fingerprint density at radius 3 is 2.17 bits per heavy atom. The highest BCUT2D eigenvalue weighted by atomic mass is 16.3. The van der Waals surface area contributed by atoms with E-state index in [1.54, 1.807) is 0 Å². The van der Waals surface area contributed by atoms with Crippen molar-refractivity contribution in [1.29, 1.82) is 0 Å². The molecule has 0 amide bonds. The summed E-state index contributed by atoms with van der Waals surface area (Å²) in [6.07, 6.45) is 15.1. The van der Waals surface area contributed by atoms with Gasteiger partial charge < -0.3 is 10.8 Å². The van der Waals surface area contributed by atoms with Crippen molar-refractivity contribution in [1.82, 2.24) is 0 Å². The quantitative estimate of drug-likeness (QED) is 0.403. The van der Waals surface area contributed by atoms with Crippen LogP contribution in [-0.2, 0) is 0 Å². The molecule has 0 aromatic rings. The summed E-state index contributed by atoms with van der Waals surface area (Å²) >= 11 is 0. The van der Waals surface area contributed by atoms with Crippen LogP contribution in [0.3, 0.4) is 0 Å². The lowest BCUT2D eigenvalue weighted by Crippen LogP contribution is -2.65. The molecule has 0 aromatic heterocycles. The highest BCUT2D eigenvalue weighted by Gasteiger charge is 2.69. The van der Waals surface area contributed by atoms with Crippen LogP contribution in [0.4, 0.5) is 0 Å². The lowest BCUT2D eigenvalue weighted by Gasteiger charge is -2.72. The van der Waals surface area contributed by atoms with Crippen LogP contribution in [-0.4, -0.2) is 22.5 Å². The van der Waals surface area contributed by atoms with Crippen molar-refractivity contribution < 1.29 is 5.11 Å². The van der Waals surface area contributed by atoms with Gasteiger partial charge in [-0.15, -0.1) is 0 Å². The molecule has 3 saturated carbocycles. The molecule has 0 unspecified atom stereocenters. The zero-order valence-corrected chi connectivity index (χ0v) is 23.4. The minimum absolute atomic E-state index is 0.0781. The summed E-state index contributed by atoms with van der Waals surface area (Å²) in [6, 6.07) is 0. The number of hydrogen-bond donors (Lipinski definition) is 2. The Labute approximate surface area is 212 Å². The number of aliphatic hydroxyl groups is 1. The molecule has 5 aliphatic carbocycles. The third-order valence-electron chi connectivity index (χ3n) is 13.1. The average Bonchev–Trinajstić information content (AvgIpc) is 3.07. The molecular formula is C31H47N3O. The summed E-state index contributed by atoms with van der Waals surface area (Å²) in [5.41, 5.74) is 9.10. The van der Waals surface area contributed by atoms with Crippen LogP contribution in [0.2, 0.25) is 0 Å². The first kappa shape index (κ1) is 23.9. The zero-order chi connectivity index (χ0) is 25.4. The van der Waals surface area contributed by atoms with Crippen LogP contribution in [0.5, 0.6) is 0 Å². The van der Waals surface area contributed by atoms with Crippen LogP contribution in [0.1, 0.15) is 107 Å². The van der Waals surface area contributed by atoms with Gasteiger partial charge in [0.05, 0.1) is 5.71 Å². The second-order valence-corrected chi connectivity index (χ2v) is 15.6. The maximum atomic E-state index is 11.6. The predicted molar refractivity (Wildman–Crippen MR) is 144 cm³/mol. The lowest BCUT2D eigenvalue weighted by atomic mass is 9.32. The summed E-state index contributed by atoms with van der Waals surface area (Å²) in [7, 11) is 0. The van der Waals surface area contributed by atoms with Gasteiger partial charge in [0.15, 0.2) is 0 Å². The van der Waals surface area contributed by atoms with E-state index in [9.17, 15) is 5.11 Å². The van der Waals surface area contributed by atoms with Crippen molar-refractivity contribution in [3.63, 3.8) is 0 Å².